The van der Waals surface area contributed by atoms with Crippen molar-refractivity contribution in [2.75, 3.05) is 6.54 Å². The summed E-state index contributed by atoms with van der Waals surface area (Å²) < 4.78 is 13.0. The van der Waals surface area contributed by atoms with Gasteiger partial charge in [0, 0.05) is 6.04 Å². The molecule has 1 nitrogen and oxygen atoms in total. The molecule has 1 aromatic rings. The van der Waals surface area contributed by atoms with E-state index in [0.29, 0.717) is 0 Å². The highest BCUT2D eigenvalue weighted by atomic mass is 19.1. The zero-order valence-corrected chi connectivity index (χ0v) is 9.17. The maximum absolute atomic E-state index is 13.0. The molecule has 0 unspecified atom stereocenters. The summed E-state index contributed by atoms with van der Waals surface area (Å²) in [5.74, 6) is 0.700. The molecule has 0 heterocycles. The van der Waals surface area contributed by atoms with Gasteiger partial charge in [0.1, 0.15) is 5.82 Å². The van der Waals surface area contributed by atoms with E-state index in [1.165, 1.54) is 25.3 Å². The van der Waals surface area contributed by atoms with Crippen molar-refractivity contribution >= 4 is 0 Å². The Kier molecular flexibility index (Phi) is 3.37. The molecule has 0 radical (unpaired) electrons. The fourth-order valence-electron chi connectivity index (χ4n) is 1.93. The van der Waals surface area contributed by atoms with Crippen LogP contribution in [-0.4, -0.2) is 6.54 Å². The second-order valence-electron chi connectivity index (χ2n) is 4.48. The van der Waals surface area contributed by atoms with Gasteiger partial charge < -0.3 is 5.32 Å². The molecule has 1 aliphatic carbocycles. The van der Waals surface area contributed by atoms with Crippen LogP contribution in [0.3, 0.4) is 0 Å². The minimum atomic E-state index is -0.148. The van der Waals surface area contributed by atoms with Crippen molar-refractivity contribution in [1.82, 2.24) is 5.32 Å². The van der Waals surface area contributed by atoms with Crippen molar-refractivity contribution in [3.05, 3.63) is 35.6 Å². The maximum Gasteiger partial charge on any atom is 0.123 e. The summed E-state index contributed by atoms with van der Waals surface area (Å²) >= 11 is 0. The van der Waals surface area contributed by atoms with E-state index in [2.05, 4.69) is 12.2 Å². The van der Waals surface area contributed by atoms with Gasteiger partial charge in [-0.1, -0.05) is 18.6 Å². The van der Waals surface area contributed by atoms with Gasteiger partial charge in [-0.3, -0.25) is 0 Å². The van der Waals surface area contributed by atoms with Gasteiger partial charge in [0.15, 0.2) is 0 Å². The predicted molar refractivity (Wildman–Crippen MR) is 60.2 cm³/mol. The van der Waals surface area contributed by atoms with Crippen LogP contribution < -0.4 is 5.32 Å². The molecule has 1 aliphatic rings. The summed E-state index contributed by atoms with van der Waals surface area (Å²) in [5.41, 5.74) is 1.04. The van der Waals surface area contributed by atoms with E-state index >= 15 is 0 Å². The van der Waals surface area contributed by atoms with E-state index in [9.17, 15) is 4.39 Å². The van der Waals surface area contributed by atoms with Crippen LogP contribution in [0, 0.1) is 11.7 Å². The van der Waals surface area contributed by atoms with Crippen LogP contribution in [0.25, 0.3) is 0 Å². The smallest absolute Gasteiger partial charge is 0.123 e. The summed E-state index contributed by atoms with van der Waals surface area (Å²) in [6.07, 6.45) is 4.08. The molecule has 0 bridgehead atoms. The van der Waals surface area contributed by atoms with Gasteiger partial charge in [0.2, 0.25) is 0 Å². The van der Waals surface area contributed by atoms with Gasteiger partial charge in [0.25, 0.3) is 0 Å². The summed E-state index contributed by atoms with van der Waals surface area (Å²) in [4.78, 5) is 0. The lowest BCUT2D eigenvalue weighted by Gasteiger charge is -2.27. The highest BCUT2D eigenvalue weighted by Crippen LogP contribution is 2.26. The molecule has 1 atom stereocenters. The average Bonchev–Trinajstić information content (AvgIpc) is 2.15. The number of nitrogens with one attached hydrogen (secondary N) is 1. The third kappa shape index (κ3) is 2.78. The van der Waals surface area contributed by atoms with Gasteiger partial charge in [-0.2, -0.15) is 0 Å². The van der Waals surface area contributed by atoms with Crippen LogP contribution in [0.5, 0.6) is 0 Å². The molecule has 0 aromatic heterocycles. The molecule has 0 amide bonds. The Morgan fingerprint density at radius 1 is 1.47 bits per heavy atom. The van der Waals surface area contributed by atoms with Gasteiger partial charge >= 0.3 is 0 Å². The Bertz CT molecular complexity index is 320. The normalized spacial score (nSPS) is 18.5. The Morgan fingerprint density at radius 3 is 2.87 bits per heavy atom. The minimum absolute atomic E-state index is 0.148. The standard InChI is InChI=1S/C13H18FN/c1-10(15-9-11-4-2-5-11)12-6-3-7-13(14)8-12/h3,6-8,10-11,15H,2,4-5,9H2,1H3/t10-/m0/s1. The summed E-state index contributed by atoms with van der Waals surface area (Å²) in [6, 6.07) is 7.09. The highest BCUT2D eigenvalue weighted by Gasteiger charge is 2.17. The monoisotopic (exact) mass is 207 g/mol. The molecule has 1 saturated carbocycles. The van der Waals surface area contributed by atoms with Crippen molar-refractivity contribution in [3.8, 4) is 0 Å². The zero-order chi connectivity index (χ0) is 10.7. The lowest BCUT2D eigenvalue weighted by molar-refractivity contribution is 0.292. The summed E-state index contributed by atoms with van der Waals surface area (Å²) in [5, 5.41) is 3.46. The largest absolute Gasteiger partial charge is 0.310 e. The Morgan fingerprint density at radius 2 is 2.27 bits per heavy atom. The molecule has 2 heteroatoms. The summed E-state index contributed by atoms with van der Waals surface area (Å²) in [7, 11) is 0. The first-order chi connectivity index (χ1) is 7.25. The van der Waals surface area contributed by atoms with E-state index < -0.39 is 0 Å². The van der Waals surface area contributed by atoms with Crippen LogP contribution in [0.15, 0.2) is 24.3 Å². The fraction of sp³-hybridized carbons (Fsp3) is 0.538. The van der Waals surface area contributed by atoms with Crippen LogP contribution >= 0.6 is 0 Å². The van der Waals surface area contributed by atoms with Gasteiger partial charge in [-0.25, -0.2) is 4.39 Å². The molecule has 0 aliphatic heterocycles. The predicted octanol–water partition coefficient (Wildman–Crippen LogP) is 3.28. The number of halogens is 1. The zero-order valence-electron chi connectivity index (χ0n) is 9.17. The first-order valence-corrected chi connectivity index (χ1v) is 5.74. The van der Waals surface area contributed by atoms with Gasteiger partial charge in [0.05, 0.1) is 0 Å². The van der Waals surface area contributed by atoms with Crippen molar-refractivity contribution in [2.24, 2.45) is 5.92 Å². The molecule has 1 aromatic carbocycles. The van der Waals surface area contributed by atoms with E-state index in [4.69, 9.17) is 0 Å². The molecule has 1 N–H and O–H groups in total. The first kappa shape index (κ1) is 10.6. The number of benzene rings is 1. The Hall–Kier alpha value is -0.890. The Balaban J connectivity index is 1.86. The first-order valence-electron chi connectivity index (χ1n) is 5.74. The molecule has 1 fully saturated rings. The SMILES string of the molecule is C[C@H](NCC1CCC1)c1cccc(F)c1. The number of hydrogen-bond donors (Lipinski definition) is 1. The van der Waals surface area contributed by atoms with Crippen molar-refractivity contribution < 1.29 is 4.39 Å². The second kappa shape index (κ2) is 4.75. The van der Waals surface area contributed by atoms with Crippen LogP contribution in [0.2, 0.25) is 0 Å². The third-order valence-corrected chi connectivity index (χ3v) is 3.29. The molecule has 82 valence electrons. The molecule has 0 saturated heterocycles. The molecule has 15 heavy (non-hydrogen) atoms. The molecular formula is C13H18FN. The highest BCUT2D eigenvalue weighted by molar-refractivity contribution is 5.19. The molecular weight excluding hydrogens is 189 g/mol. The average molecular weight is 207 g/mol. The quantitative estimate of drug-likeness (QED) is 0.799. The fourth-order valence-corrected chi connectivity index (χ4v) is 1.93. The van der Waals surface area contributed by atoms with Gasteiger partial charge in [-0.05, 0) is 49.9 Å². The molecule has 0 spiro atoms. The number of hydrogen-bond acceptors (Lipinski definition) is 1. The van der Waals surface area contributed by atoms with Crippen molar-refractivity contribution in [2.45, 2.75) is 32.2 Å². The van der Waals surface area contributed by atoms with E-state index in [0.717, 1.165) is 18.0 Å². The van der Waals surface area contributed by atoms with Crippen LogP contribution in [0.4, 0.5) is 4.39 Å². The van der Waals surface area contributed by atoms with E-state index in [-0.39, 0.29) is 11.9 Å². The topological polar surface area (TPSA) is 12.0 Å². The Labute approximate surface area is 90.7 Å². The van der Waals surface area contributed by atoms with Gasteiger partial charge in [-0.15, -0.1) is 0 Å². The number of rotatable bonds is 4. The maximum atomic E-state index is 13.0. The van der Waals surface area contributed by atoms with Crippen LogP contribution in [0.1, 0.15) is 37.8 Å². The third-order valence-electron chi connectivity index (χ3n) is 3.29. The molecule has 2 rings (SSSR count). The van der Waals surface area contributed by atoms with Crippen molar-refractivity contribution in [1.29, 1.82) is 0 Å². The van der Waals surface area contributed by atoms with E-state index in [1.54, 1.807) is 12.1 Å². The van der Waals surface area contributed by atoms with Crippen molar-refractivity contribution in [3.63, 3.8) is 0 Å². The lowest BCUT2D eigenvalue weighted by Crippen LogP contribution is -2.29. The summed E-state index contributed by atoms with van der Waals surface area (Å²) in [6.45, 7) is 3.16. The second-order valence-corrected chi connectivity index (χ2v) is 4.48. The minimum Gasteiger partial charge on any atom is -0.310 e. The van der Waals surface area contributed by atoms with E-state index in [1.807, 2.05) is 6.07 Å². The lowest BCUT2D eigenvalue weighted by atomic mass is 9.85. The van der Waals surface area contributed by atoms with Crippen LogP contribution in [-0.2, 0) is 0 Å².